The molecule has 0 fully saturated rings. The molecule has 3 aromatic rings. The van der Waals surface area contributed by atoms with E-state index in [1.807, 2.05) is 24.3 Å². The summed E-state index contributed by atoms with van der Waals surface area (Å²) in [6, 6.07) is 14.3. The first-order valence-corrected chi connectivity index (χ1v) is 7.09. The van der Waals surface area contributed by atoms with E-state index >= 15 is 0 Å². The summed E-state index contributed by atoms with van der Waals surface area (Å²) < 4.78 is 6.84. The lowest BCUT2D eigenvalue weighted by Gasteiger charge is -2.05. The molecule has 94 valence electrons. The Bertz CT molecular complexity index is 824. The van der Waals surface area contributed by atoms with E-state index in [0.717, 1.165) is 9.13 Å². The molecular formula is C15H8ClIO2. The molecule has 1 heterocycles. The maximum Gasteiger partial charge on any atom is 0.193 e. The maximum absolute atomic E-state index is 12.1. The van der Waals surface area contributed by atoms with Gasteiger partial charge in [0.05, 0.1) is 5.39 Å². The van der Waals surface area contributed by atoms with Gasteiger partial charge in [-0.25, -0.2) is 0 Å². The molecule has 2 aromatic carbocycles. The van der Waals surface area contributed by atoms with Crippen LogP contribution >= 0.6 is 34.2 Å². The van der Waals surface area contributed by atoms with Gasteiger partial charge in [0, 0.05) is 20.2 Å². The summed E-state index contributed by atoms with van der Waals surface area (Å²) in [4.78, 5) is 12.1. The second-order valence-corrected chi connectivity index (χ2v) is 5.69. The van der Waals surface area contributed by atoms with Crippen LogP contribution in [0.2, 0.25) is 5.02 Å². The molecule has 0 saturated heterocycles. The topological polar surface area (TPSA) is 30.2 Å². The summed E-state index contributed by atoms with van der Waals surface area (Å²) in [5.41, 5.74) is 1.38. The van der Waals surface area contributed by atoms with Crippen molar-refractivity contribution in [1.82, 2.24) is 0 Å². The number of fused-ring (bicyclic) bond motifs is 1. The van der Waals surface area contributed by atoms with Crippen molar-refractivity contribution in [2.45, 2.75) is 0 Å². The Morgan fingerprint density at radius 3 is 2.63 bits per heavy atom. The summed E-state index contributed by atoms with van der Waals surface area (Å²) in [6.45, 7) is 0. The van der Waals surface area contributed by atoms with Gasteiger partial charge in [0.15, 0.2) is 5.43 Å². The van der Waals surface area contributed by atoms with Crippen LogP contribution in [-0.2, 0) is 0 Å². The van der Waals surface area contributed by atoms with Crippen LogP contribution in [0.15, 0.2) is 57.7 Å². The molecule has 0 amide bonds. The molecule has 0 aliphatic rings. The summed E-state index contributed by atoms with van der Waals surface area (Å²) >= 11 is 8.11. The van der Waals surface area contributed by atoms with Gasteiger partial charge in [-0.05, 0) is 46.9 Å². The van der Waals surface area contributed by atoms with Crippen LogP contribution < -0.4 is 5.43 Å². The SMILES string of the molecule is O=c1cc(-c2ccccc2I)oc2ccc(Cl)cc12. The Morgan fingerprint density at radius 1 is 1.05 bits per heavy atom. The van der Waals surface area contributed by atoms with Gasteiger partial charge in [-0.3, -0.25) is 4.79 Å². The average molecular weight is 383 g/mol. The van der Waals surface area contributed by atoms with Crippen molar-refractivity contribution >= 4 is 45.2 Å². The molecule has 0 radical (unpaired) electrons. The third-order valence-electron chi connectivity index (χ3n) is 2.83. The van der Waals surface area contributed by atoms with Gasteiger partial charge < -0.3 is 4.42 Å². The molecule has 0 atom stereocenters. The first-order chi connectivity index (χ1) is 9.15. The Morgan fingerprint density at radius 2 is 1.84 bits per heavy atom. The smallest absolute Gasteiger partial charge is 0.193 e. The summed E-state index contributed by atoms with van der Waals surface area (Å²) in [5, 5.41) is 1.03. The zero-order chi connectivity index (χ0) is 13.4. The molecule has 2 nitrogen and oxygen atoms in total. The summed E-state index contributed by atoms with van der Waals surface area (Å²) in [5.74, 6) is 0.574. The number of halogens is 2. The zero-order valence-electron chi connectivity index (χ0n) is 9.69. The van der Waals surface area contributed by atoms with Crippen LogP contribution in [0.1, 0.15) is 0 Å². The fourth-order valence-electron chi connectivity index (χ4n) is 1.92. The van der Waals surface area contributed by atoms with Crippen molar-refractivity contribution in [2.24, 2.45) is 0 Å². The van der Waals surface area contributed by atoms with Gasteiger partial charge in [-0.2, -0.15) is 0 Å². The highest BCUT2D eigenvalue weighted by Gasteiger charge is 2.09. The third-order valence-corrected chi connectivity index (χ3v) is 4.00. The van der Waals surface area contributed by atoms with Crippen molar-refractivity contribution < 1.29 is 4.42 Å². The van der Waals surface area contributed by atoms with Gasteiger partial charge in [0.25, 0.3) is 0 Å². The first kappa shape index (κ1) is 12.7. The quantitative estimate of drug-likeness (QED) is 0.570. The lowest BCUT2D eigenvalue weighted by molar-refractivity contribution is 0.618. The Kier molecular flexibility index (Phi) is 3.33. The fraction of sp³-hybridized carbons (Fsp3) is 0. The predicted octanol–water partition coefficient (Wildman–Crippen LogP) is 4.72. The van der Waals surface area contributed by atoms with Crippen molar-refractivity contribution in [1.29, 1.82) is 0 Å². The fourth-order valence-corrected chi connectivity index (χ4v) is 2.75. The first-order valence-electron chi connectivity index (χ1n) is 5.63. The maximum atomic E-state index is 12.1. The van der Waals surface area contributed by atoms with Crippen molar-refractivity contribution in [3.63, 3.8) is 0 Å². The highest BCUT2D eigenvalue weighted by atomic mass is 127. The van der Waals surface area contributed by atoms with E-state index in [2.05, 4.69) is 22.6 Å². The van der Waals surface area contributed by atoms with Crippen molar-refractivity contribution in [3.8, 4) is 11.3 Å². The van der Waals surface area contributed by atoms with E-state index in [1.165, 1.54) is 6.07 Å². The summed E-state index contributed by atoms with van der Waals surface area (Å²) in [7, 11) is 0. The van der Waals surface area contributed by atoms with Gasteiger partial charge in [-0.1, -0.05) is 29.8 Å². The number of hydrogen-bond donors (Lipinski definition) is 0. The molecule has 3 rings (SSSR count). The Hall–Kier alpha value is -1.33. The second-order valence-electron chi connectivity index (χ2n) is 4.10. The highest BCUT2D eigenvalue weighted by molar-refractivity contribution is 14.1. The van der Waals surface area contributed by atoms with Crippen LogP contribution in [-0.4, -0.2) is 0 Å². The Labute approximate surface area is 128 Å². The van der Waals surface area contributed by atoms with Gasteiger partial charge in [0.2, 0.25) is 0 Å². The molecule has 0 spiro atoms. The van der Waals surface area contributed by atoms with E-state index in [-0.39, 0.29) is 5.43 Å². The standard InChI is InChI=1S/C15H8ClIO2/c16-9-5-6-14-11(7-9)13(18)8-15(19-14)10-3-1-2-4-12(10)17/h1-8H. The van der Waals surface area contributed by atoms with E-state index < -0.39 is 0 Å². The molecular weight excluding hydrogens is 375 g/mol. The number of rotatable bonds is 1. The molecule has 19 heavy (non-hydrogen) atoms. The second kappa shape index (κ2) is 4.98. The predicted molar refractivity (Wildman–Crippen MR) is 85.6 cm³/mol. The molecule has 0 N–H and O–H groups in total. The molecule has 1 aromatic heterocycles. The lowest BCUT2D eigenvalue weighted by Crippen LogP contribution is -2.00. The van der Waals surface area contributed by atoms with E-state index in [4.69, 9.17) is 16.0 Å². The molecule has 0 saturated carbocycles. The Balaban J connectivity index is 2.31. The highest BCUT2D eigenvalue weighted by Crippen LogP contribution is 2.27. The minimum Gasteiger partial charge on any atom is -0.456 e. The number of hydrogen-bond acceptors (Lipinski definition) is 2. The van der Waals surface area contributed by atoms with E-state index in [9.17, 15) is 4.79 Å². The number of benzene rings is 2. The van der Waals surface area contributed by atoms with Gasteiger partial charge in [0.1, 0.15) is 11.3 Å². The molecule has 0 aliphatic carbocycles. The minimum absolute atomic E-state index is 0.0848. The molecule has 0 unspecified atom stereocenters. The van der Waals surface area contributed by atoms with Crippen LogP contribution in [0.25, 0.3) is 22.3 Å². The third kappa shape index (κ3) is 2.40. The molecule has 0 aliphatic heterocycles. The van der Waals surface area contributed by atoms with Gasteiger partial charge in [-0.15, -0.1) is 0 Å². The molecule has 0 bridgehead atoms. The lowest BCUT2D eigenvalue weighted by atomic mass is 10.1. The van der Waals surface area contributed by atoms with E-state index in [0.29, 0.717) is 21.8 Å². The van der Waals surface area contributed by atoms with E-state index in [1.54, 1.807) is 18.2 Å². The monoisotopic (exact) mass is 382 g/mol. The van der Waals surface area contributed by atoms with Crippen LogP contribution in [0, 0.1) is 3.57 Å². The minimum atomic E-state index is -0.0848. The summed E-state index contributed by atoms with van der Waals surface area (Å²) in [6.07, 6.45) is 0. The average Bonchev–Trinajstić information content (AvgIpc) is 2.40. The van der Waals surface area contributed by atoms with Crippen molar-refractivity contribution in [2.75, 3.05) is 0 Å². The molecule has 4 heteroatoms. The largest absolute Gasteiger partial charge is 0.456 e. The van der Waals surface area contributed by atoms with Crippen LogP contribution in [0.5, 0.6) is 0 Å². The van der Waals surface area contributed by atoms with Crippen molar-refractivity contribution in [3.05, 3.63) is 67.3 Å². The zero-order valence-corrected chi connectivity index (χ0v) is 12.6. The normalized spacial score (nSPS) is 10.8. The van der Waals surface area contributed by atoms with Crippen LogP contribution in [0.3, 0.4) is 0 Å². The van der Waals surface area contributed by atoms with Crippen LogP contribution in [0.4, 0.5) is 0 Å². The van der Waals surface area contributed by atoms with Gasteiger partial charge >= 0.3 is 0 Å².